The van der Waals surface area contributed by atoms with Gasteiger partial charge in [-0.1, -0.05) is 12.1 Å². The Bertz CT molecular complexity index is 874. The molecule has 0 bridgehead atoms. The molecule has 6 nitrogen and oxygen atoms in total. The average molecular weight is 341 g/mol. The van der Waals surface area contributed by atoms with Gasteiger partial charge >= 0.3 is 0 Å². The highest BCUT2D eigenvalue weighted by molar-refractivity contribution is 5.75. The minimum atomic E-state index is 0.610. The van der Waals surface area contributed by atoms with E-state index >= 15 is 0 Å². The lowest BCUT2D eigenvalue weighted by Crippen LogP contribution is -2.13. The fourth-order valence-corrected chi connectivity index (χ4v) is 2.94. The minimum absolute atomic E-state index is 0.610. The van der Waals surface area contributed by atoms with Gasteiger partial charge in [0.1, 0.15) is 0 Å². The van der Waals surface area contributed by atoms with Crippen LogP contribution in [0.3, 0.4) is 0 Å². The molecule has 0 fully saturated rings. The number of methoxy groups -OCH3 is 3. The molecule has 0 spiro atoms. The first-order chi connectivity index (χ1) is 12.2. The second kappa shape index (κ2) is 7.44. The lowest BCUT2D eigenvalue weighted by atomic mass is 10.1. The van der Waals surface area contributed by atoms with Gasteiger partial charge in [0.15, 0.2) is 11.5 Å². The number of hydrogen-bond acceptors (Lipinski definition) is 5. The SMILES string of the molecule is COc1ccc(CNCc2ccc3c(c2)ncn3C)c(OC)c1OC. The number of benzene rings is 2. The van der Waals surface area contributed by atoms with Crippen LogP contribution in [-0.2, 0) is 20.1 Å². The largest absolute Gasteiger partial charge is 0.493 e. The average Bonchev–Trinajstić information content (AvgIpc) is 3.01. The van der Waals surface area contributed by atoms with Crippen molar-refractivity contribution in [1.29, 1.82) is 0 Å². The number of hydrogen-bond donors (Lipinski definition) is 1. The summed E-state index contributed by atoms with van der Waals surface area (Å²) in [6.45, 7) is 1.40. The number of rotatable bonds is 7. The van der Waals surface area contributed by atoms with E-state index in [0.717, 1.165) is 23.1 Å². The van der Waals surface area contributed by atoms with Gasteiger partial charge in [-0.05, 0) is 23.8 Å². The zero-order valence-corrected chi connectivity index (χ0v) is 15.0. The third kappa shape index (κ3) is 3.39. The van der Waals surface area contributed by atoms with E-state index in [0.29, 0.717) is 23.8 Å². The van der Waals surface area contributed by atoms with Gasteiger partial charge in [0.25, 0.3) is 0 Å². The summed E-state index contributed by atoms with van der Waals surface area (Å²) in [5.74, 6) is 1.96. The van der Waals surface area contributed by atoms with Crippen molar-refractivity contribution in [3.05, 3.63) is 47.8 Å². The zero-order chi connectivity index (χ0) is 17.8. The van der Waals surface area contributed by atoms with E-state index in [1.807, 2.05) is 30.1 Å². The first-order valence-corrected chi connectivity index (χ1v) is 8.06. The van der Waals surface area contributed by atoms with Crippen LogP contribution in [0.1, 0.15) is 11.1 Å². The van der Waals surface area contributed by atoms with E-state index in [2.05, 4.69) is 28.5 Å². The lowest BCUT2D eigenvalue weighted by molar-refractivity contribution is 0.321. The number of fused-ring (bicyclic) bond motifs is 1. The van der Waals surface area contributed by atoms with Crippen molar-refractivity contribution in [3.8, 4) is 17.2 Å². The Kier molecular flexibility index (Phi) is 5.09. The predicted molar refractivity (Wildman–Crippen MR) is 97.4 cm³/mol. The molecule has 1 N–H and O–H groups in total. The minimum Gasteiger partial charge on any atom is -0.493 e. The third-order valence-electron chi connectivity index (χ3n) is 4.22. The molecule has 132 valence electrons. The topological polar surface area (TPSA) is 57.5 Å². The molecule has 3 aromatic rings. The summed E-state index contributed by atoms with van der Waals surface area (Å²) in [7, 11) is 6.86. The molecule has 0 aliphatic heterocycles. The Morgan fingerprint density at radius 2 is 1.76 bits per heavy atom. The number of aromatic nitrogens is 2. The summed E-state index contributed by atoms with van der Waals surface area (Å²) in [6, 6.07) is 10.2. The molecule has 0 radical (unpaired) electrons. The molecule has 0 saturated carbocycles. The van der Waals surface area contributed by atoms with Crippen LogP contribution in [0.15, 0.2) is 36.7 Å². The summed E-state index contributed by atoms with van der Waals surface area (Å²) < 4.78 is 18.3. The van der Waals surface area contributed by atoms with Gasteiger partial charge in [0, 0.05) is 25.7 Å². The van der Waals surface area contributed by atoms with Crippen LogP contribution < -0.4 is 19.5 Å². The second-order valence-electron chi connectivity index (χ2n) is 5.78. The van der Waals surface area contributed by atoms with Gasteiger partial charge in [0.2, 0.25) is 5.75 Å². The summed E-state index contributed by atoms with van der Waals surface area (Å²) in [5, 5.41) is 3.44. The van der Waals surface area contributed by atoms with Crippen LogP contribution in [0.25, 0.3) is 11.0 Å². The van der Waals surface area contributed by atoms with Crippen molar-refractivity contribution < 1.29 is 14.2 Å². The van der Waals surface area contributed by atoms with Gasteiger partial charge < -0.3 is 24.1 Å². The quantitative estimate of drug-likeness (QED) is 0.716. The van der Waals surface area contributed by atoms with Crippen molar-refractivity contribution in [2.75, 3.05) is 21.3 Å². The van der Waals surface area contributed by atoms with E-state index in [1.165, 1.54) is 5.56 Å². The summed E-state index contributed by atoms with van der Waals surface area (Å²) in [4.78, 5) is 4.40. The standard InChI is InChI=1S/C19H23N3O3/c1-22-12-21-15-9-13(5-7-16(15)22)10-20-11-14-6-8-17(23-2)19(25-4)18(14)24-3/h5-9,12,20H,10-11H2,1-4H3. The van der Waals surface area contributed by atoms with Crippen LogP contribution in [0.5, 0.6) is 17.2 Å². The molecule has 3 rings (SSSR count). The van der Waals surface area contributed by atoms with E-state index in [1.54, 1.807) is 21.3 Å². The van der Waals surface area contributed by atoms with E-state index in [4.69, 9.17) is 14.2 Å². The lowest BCUT2D eigenvalue weighted by Gasteiger charge is -2.16. The fraction of sp³-hybridized carbons (Fsp3) is 0.316. The van der Waals surface area contributed by atoms with Crippen LogP contribution >= 0.6 is 0 Å². The molecule has 2 aromatic carbocycles. The summed E-state index contributed by atoms with van der Waals surface area (Å²) in [6.07, 6.45) is 1.83. The number of nitrogens with one attached hydrogen (secondary N) is 1. The highest BCUT2D eigenvalue weighted by atomic mass is 16.5. The number of ether oxygens (including phenoxy) is 3. The molecule has 0 atom stereocenters. The Hall–Kier alpha value is -2.73. The highest BCUT2D eigenvalue weighted by Crippen LogP contribution is 2.39. The Morgan fingerprint density at radius 1 is 0.960 bits per heavy atom. The van der Waals surface area contributed by atoms with Crippen molar-refractivity contribution in [3.63, 3.8) is 0 Å². The predicted octanol–water partition coefficient (Wildman–Crippen LogP) is 2.89. The number of nitrogens with zero attached hydrogens (tertiary/aromatic N) is 2. The monoisotopic (exact) mass is 341 g/mol. The first-order valence-electron chi connectivity index (χ1n) is 8.06. The molecular formula is C19H23N3O3. The maximum atomic E-state index is 5.52. The van der Waals surface area contributed by atoms with E-state index in [-0.39, 0.29) is 0 Å². The maximum absolute atomic E-state index is 5.52. The summed E-state index contributed by atoms with van der Waals surface area (Å²) >= 11 is 0. The van der Waals surface area contributed by atoms with E-state index in [9.17, 15) is 0 Å². The third-order valence-corrected chi connectivity index (χ3v) is 4.22. The van der Waals surface area contributed by atoms with Gasteiger partial charge in [-0.25, -0.2) is 4.98 Å². The molecule has 0 saturated heterocycles. The summed E-state index contributed by atoms with van der Waals surface area (Å²) in [5.41, 5.74) is 4.33. The van der Waals surface area contributed by atoms with Gasteiger partial charge in [-0.15, -0.1) is 0 Å². The fourth-order valence-electron chi connectivity index (χ4n) is 2.94. The maximum Gasteiger partial charge on any atom is 0.203 e. The molecule has 0 unspecified atom stereocenters. The van der Waals surface area contributed by atoms with Crippen LogP contribution in [0.4, 0.5) is 0 Å². The van der Waals surface area contributed by atoms with Crippen LogP contribution in [-0.4, -0.2) is 30.9 Å². The van der Waals surface area contributed by atoms with Gasteiger partial charge in [-0.2, -0.15) is 0 Å². The number of imidazole rings is 1. The second-order valence-corrected chi connectivity index (χ2v) is 5.78. The molecule has 0 aliphatic rings. The Morgan fingerprint density at radius 3 is 2.48 bits per heavy atom. The number of aryl methyl sites for hydroxylation is 1. The van der Waals surface area contributed by atoms with E-state index < -0.39 is 0 Å². The van der Waals surface area contributed by atoms with Crippen LogP contribution in [0, 0.1) is 0 Å². The molecule has 6 heteroatoms. The molecule has 0 amide bonds. The van der Waals surface area contributed by atoms with Gasteiger partial charge in [0.05, 0.1) is 38.7 Å². The van der Waals surface area contributed by atoms with Crippen molar-refractivity contribution in [2.24, 2.45) is 7.05 Å². The van der Waals surface area contributed by atoms with Crippen molar-refractivity contribution in [2.45, 2.75) is 13.1 Å². The smallest absolute Gasteiger partial charge is 0.203 e. The van der Waals surface area contributed by atoms with Crippen molar-refractivity contribution in [1.82, 2.24) is 14.9 Å². The first kappa shape index (κ1) is 17.1. The van der Waals surface area contributed by atoms with Crippen molar-refractivity contribution >= 4 is 11.0 Å². The molecule has 1 aromatic heterocycles. The molecular weight excluding hydrogens is 318 g/mol. The Labute approximate surface area is 147 Å². The zero-order valence-electron chi connectivity index (χ0n) is 15.0. The van der Waals surface area contributed by atoms with Gasteiger partial charge in [-0.3, -0.25) is 0 Å². The highest BCUT2D eigenvalue weighted by Gasteiger charge is 2.15. The normalized spacial score (nSPS) is 10.9. The molecule has 1 heterocycles. The molecule has 0 aliphatic carbocycles. The molecule has 25 heavy (non-hydrogen) atoms. The Balaban J connectivity index is 1.72. The van der Waals surface area contributed by atoms with Crippen LogP contribution in [0.2, 0.25) is 0 Å².